The summed E-state index contributed by atoms with van der Waals surface area (Å²) in [5, 5.41) is 2.75. The molecule has 8 heteroatoms. The number of likely N-dealkylation sites (N-methyl/N-ethyl adjacent to an activating group) is 1. The van der Waals surface area contributed by atoms with Gasteiger partial charge in [0.05, 0.1) is 19.7 Å². The van der Waals surface area contributed by atoms with Gasteiger partial charge in [-0.3, -0.25) is 4.79 Å². The van der Waals surface area contributed by atoms with Crippen molar-refractivity contribution in [2.24, 2.45) is 0 Å². The lowest BCUT2D eigenvalue weighted by Crippen LogP contribution is -2.41. The Morgan fingerprint density at radius 1 is 1.21 bits per heavy atom. The number of halogens is 1. The number of benzene rings is 2. The fourth-order valence-corrected chi connectivity index (χ4v) is 4.42. The summed E-state index contributed by atoms with van der Waals surface area (Å²) >= 11 is 0. The first-order chi connectivity index (χ1) is 13.2. The molecule has 6 nitrogen and oxygen atoms in total. The smallest absolute Gasteiger partial charge is 0.247 e. The number of carbonyl (C=O) groups excluding carboxylic acids is 1. The Hall–Kier alpha value is -2.45. The molecule has 2 aromatic rings. The number of nitrogens with one attached hydrogen (secondary N) is 1. The molecular weight excluding hydrogens is 383 g/mol. The van der Waals surface area contributed by atoms with Crippen molar-refractivity contribution in [1.82, 2.24) is 9.62 Å². The van der Waals surface area contributed by atoms with Gasteiger partial charge in [-0.25, -0.2) is 12.8 Å². The summed E-state index contributed by atoms with van der Waals surface area (Å²) in [6.07, 6.45) is 0. The van der Waals surface area contributed by atoms with Crippen LogP contribution in [-0.4, -0.2) is 38.8 Å². The summed E-state index contributed by atoms with van der Waals surface area (Å²) in [6.45, 7) is 4.99. The molecule has 0 aliphatic heterocycles. The van der Waals surface area contributed by atoms with E-state index in [0.717, 1.165) is 15.4 Å². The molecular formula is C20H25FN2O4S. The molecule has 0 aromatic heterocycles. The van der Waals surface area contributed by atoms with Gasteiger partial charge < -0.3 is 10.1 Å². The Kier molecular flexibility index (Phi) is 7.15. The lowest BCUT2D eigenvalue weighted by atomic mass is 10.1. The van der Waals surface area contributed by atoms with Crippen molar-refractivity contribution in [3.63, 3.8) is 0 Å². The van der Waals surface area contributed by atoms with E-state index in [9.17, 15) is 17.6 Å². The maximum absolute atomic E-state index is 13.0. The van der Waals surface area contributed by atoms with E-state index in [-0.39, 0.29) is 35.6 Å². The first-order valence-corrected chi connectivity index (χ1v) is 10.3. The van der Waals surface area contributed by atoms with Crippen molar-refractivity contribution in [3.8, 4) is 5.75 Å². The molecule has 0 radical (unpaired) electrons. The maximum Gasteiger partial charge on any atom is 0.247 e. The SMILES string of the molecule is CCN(CC(=O)N[C@@H](C)c1ccc(F)cc1)S(=O)(=O)c1cc(C)ccc1OC. The Bertz CT molecular complexity index is 930. The monoisotopic (exact) mass is 408 g/mol. The lowest BCUT2D eigenvalue weighted by Gasteiger charge is -2.23. The molecule has 1 N–H and O–H groups in total. The topological polar surface area (TPSA) is 75.7 Å². The summed E-state index contributed by atoms with van der Waals surface area (Å²) in [4.78, 5) is 12.5. The highest BCUT2D eigenvalue weighted by Gasteiger charge is 2.28. The van der Waals surface area contributed by atoms with E-state index in [1.54, 1.807) is 45.0 Å². The minimum absolute atomic E-state index is 0.0243. The summed E-state index contributed by atoms with van der Waals surface area (Å²) in [7, 11) is -2.52. The van der Waals surface area contributed by atoms with E-state index in [0.29, 0.717) is 0 Å². The predicted octanol–water partition coefficient (Wildman–Crippen LogP) is 3.03. The normalized spacial score (nSPS) is 12.6. The van der Waals surface area contributed by atoms with Gasteiger partial charge in [-0.1, -0.05) is 25.1 Å². The van der Waals surface area contributed by atoms with Crippen molar-refractivity contribution in [3.05, 3.63) is 59.4 Å². The second-order valence-corrected chi connectivity index (χ2v) is 8.33. The third-order valence-corrected chi connectivity index (χ3v) is 6.30. The van der Waals surface area contributed by atoms with Crippen molar-refractivity contribution >= 4 is 15.9 Å². The molecule has 28 heavy (non-hydrogen) atoms. The molecule has 0 saturated heterocycles. The maximum atomic E-state index is 13.0. The highest BCUT2D eigenvalue weighted by Crippen LogP contribution is 2.27. The highest BCUT2D eigenvalue weighted by atomic mass is 32.2. The lowest BCUT2D eigenvalue weighted by molar-refractivity contribution is -0.121. The number of amides is 1. The van der Waals surface area contributed by atoms with Crippen LogP contribution in [-0.2, 0) is 14.8 Å². The number of hydrogen-bond acceptors (Lipinski definition) is 4. The van der Waals surface area contributed by atoms with E-state index < -0.39 is 15.9 Å². The van der Waals surface area contributed by atoms with Gasteiger partial charge in [0.15, 0.2) is 0 Å². The Labute approximate surface area is 165 Å². The molecule has 2 rings (SSSR count). The van der Waals surface area contributed by atoms with Crippen molar-refractivity contribution in [2.75, 3.05) is 20.2 Å². The molecule has 2 aromatic carbocycles. The molecule has 0 spiro atoms. The fourth-order valence-electron chi connectivity index (χ4n) is 2.77. The first kappa shape index (κ1) is 21.8. The minimum Gasteiger partial charge on any atom is -0.495 e. The van der Waals surface area contributed by atoms with Crippen LogP contribution in [0.15, 0.2) is 47.4 Å². The van der Waals surface area contributed by atoms with Crippen LogP contribution >= 0.6 is 0 Å². The van der Waals surface area contributed by atoms with E-state index in [1.807, 2.05) is 0 Å². The molecule has 0 fully saturated rings. The van der Waals surface area contributed by atoms with Gasteiger partial charge in [0.25, 0.3) is 0 Å². The molecule has 152 valence electrons. The Balaban J connectivity index is 2.17. The number of hydrogen-bond donors (Lipinski definition) is 1. The third-order valence-electron chi connectivity index (χ3n) is 4.36. The Morgan fingerprint density at radius 2 is 1.86 bits per heavy atom. The van der Waals surface area contributed by atoms with Crippen molar-refractivity contribution < 1.29 is 22.3 Å². The predicted molar refractivity (Wildman–Crippen MR) is 105 cm³/mol. The van der Waals surface area contributed by atoms with Crippen LogP contribution in [0.3, 0.4) is 0 Å². The van der Waals surface area contributed by atoms with Gasteiger partial charge in [0.2, 0.25) is 15.9 Å². The van der Waals surface area contributed by atoms with Crippen LogP contribution in [0.25, 0.3) is 0 Å². The summed E-state index contributed by atoms with van der Waals surface area (Å²) in [5.74, 6) is -0.587. The number of methoxy groups -OCH3 is 1. The number of nitrogens with zero attached hydrogens (tertiary/aromatic N) is 1. The quantitative estimate of drug-likeness (QED) is 0.729. The number of ether oxygens (including phenoxy) is 1. The van der Waals surface area contributed by atoms with Gasteiger partial charge in [0.1, 0.15) is 16.5 Å². The zero-order chi connectivity index (χ0) is 20.9. The number of carbonyl (C=O) groups is 1. The average molecular weight is 408 g/mol. The summed E-state index contributed by atoms with van der Waals surface area (Å²) in [6, 6.07) is 10.3. The molecule has 1 amide bonds. The van der Waals surface area contributed by atoms with Gasteiger partial charge in [0, 0.05) is 6.54 Å². The van der Waals surface area contributed by atoms with Gasteiger partial charge in [-0.05, 0) is 49.2 Å². The zero-order valence-corrected chi connectivity index (χ0v) is 17.2. The van der Waals surface area contributed by atoms with Crippen LogP contribution in [0.2, 0.25) is 0 Å². The second kappa shape index (κ2) is 9.16. The van der Waals surface area contributed by atoms with Crippen LogP contribution in [0, 0.1) is 12.7 Å². The fraction of sp³-hybridized carbons (Fsp3) is 0.350. The van der Waals surface area contributed by atoms with E-state index in [2.05, 4.69) is 5.32 Å². The van der Waals surface area contributed by atoms with E-state index >= 15 is 0 Å². The largest absolute Gasteiger partial charge is 0.495 e. The van der Waals surface area contributed by atoms with Crippen LogP contribution in [0.5, 0.6) is 5.75 Å². The summed E-state index contributed by atoms with van der Waals surface area (Å²) < 4.78 is 45.4. The second-order valence-electron chi connectivity index (χ2n) is 6.43. The molecule has 0 heterocycles. The molecule has 0 aliphatic rings. The zero-order valence-electron chi connectivity index (χ0n) is 16.4. The number of sulfonamides is 1. The number of rotatable bonds is 8. The van der Waals surface area contributed by atoms with Gasteiger partial charge >= 0.3 is 0 Å². The molecule has 0 unspecified atom stereocenters. The average Bonchev–Trinajstić information content (AvgIpc) is 2.66. The summed E-state index contributed by atoms with van der Waals surface area (Å²) in [5.41, 5.74) is 1.49. The number of aryl methyl sites for hydroxylation is 1. The Morgan fingerprint density at radius 3 is 2.43 bits per heavy atom. The highest BCUT2D eigenvalue weighted by molar-refractivity contribution is 7.89. The molecule has 0 bridgehead atoms. The third kappa shape index (κ3) is 5.08. The van der Waals surface area contributed by atoms with Crippen LogP contribution in [0.4, 0.5) is 4.39 Å². The van der Waals surface area contributed by atoms with Crippen molar-refractivity contribution in [2.45, 2.75) is 31.7 Å². The van der Waals surface area contributed by atoms with Gasteiger partial charge in [-0.2, -0.15) is 4.31 Å². The molecule has 0 aliphatic carbocycles. The van der Waals surface area contributed by atoms with Gasteiger partial charge in [-0.15, -0.1) is 0 Å². The van der Waals surface area contributed by atoms with Crippen molar-refractivity contribution in [1.29, 1.82) is 0 Å². The molecule has 0 saturated carbocycles. The first-order valence-electron chi connectivity index (χ1n) is 8.88. The van der Waals surface area contributed by atoms with Crippen LogP contribution in [0.1, 0.15) is 31.0 Å². The van der Waals surface area contributed by atoms with E-state index in [1.165, 1.54) is 25.3 Å². The molecule has 1 atom stereocenters. The van der Waals surface area contributed by atoms with E-state index in [4.69, 9.17) is 4.74 Å². The van der Waals surface area contributed by atoms with Crippen LogP contribution < -0.4 is 10.1 Å². The minimum atomic E-state index is -3.92. The standard InChI is InChI=1S/C20H25FN2O4S/c1-5-23(28(25,26)19-12-14(2)6-11-18(19)27-4)13-20(24)22-15(3)16-7-9-17(21)10-8-16/h6-12,15H,5,13H2,1-4H3,(H,22,24)/t15-/m0/s1.